The fourth-order valence-corrected chi connectivity index (χ4v) is 2.44. The Balaban J connectivity index is 1.85. The van der Waals surface area contributed by atoms with Gasteiger partial charge in [-0.05, 0) is 12.0 Å². The van der Waals surface area contributed by atoms with Crippen LogP contribution in [-0.4, -0.2) is 38.2 Å². The molecule has 0 aliphatic carbocycles. The molecule has 1 atom stereocenters. The van der Waals surface area contributed by atoms with Crippen LogP contribution in [0.4, 0.5) is 10.1 Å². The van der Waals surface area contributed by atoms with Crippen LogP contribution in [0.5, 0.6) is 0 Å². The second kappa shape index (κ2) is 7.37. The summed E-state index contributed by atoms with van der Waals surface area (Å²) in [5.74, 6) is -0.667. The Morgan fingerprint density at radius 2 is 2.15 bits per heavy atom. The van der Waals surface area contributed by atoms with Crippen molar-refractivity contribution in [3.05, 3.63) is 42.0 Å². The van der Waals surface area contributed by atoms with Gasteiger partial charge in [-0.3, -0.25) is 9.78 Å². The van der Waals surface area contributed by atoms with Gasteiger partial charge in [0.25, 0.3) is 5.91 Å². The quantitative estimate of drug-likeness (QED) is 0.711. The maximum Gasteiger partial charge on any atom is 0.255 e. The fraction of sp³-hybridized carbons (Fsp3) is 0.278. The van der Waals surface area contributed by atoms with Gasteiger partial charge in [0.1, 0.15) is 12.2 Å². The second-order valence-electron chi connectivity index (χ2n) is 6.41. The van der Waals surface area contributed by atoms with E-state index >= 15 is 0 Å². The van der Waals surface area contributed by atoms with Crippen LogP contribution in [0.3, 0.4) is 0 Å². The van der Waals surface area contributed by atoms with Gasteiger partial charge in [0, 0.05) is 24.6 Å². The molecule has 0 aromatic carbocycles. The van der Waals surface area contributed by atoms with Crippen LogP contribution in [0.1, 0.15) is 29.8 Å². The minimum Gasteiger partial charge on any atom is -0.398 e. The third-order valence-corrected chi connectivity index (χ3v) is 4.12. The average molecular weight is 367 g/mol. The number of carbonyl (C=O) groups is 1. The van der Waals surface area contributed by atoms with Crippen molar-refractivity contribution in [2.45, 2.75) is 20.0 Å². The maximum atomic E-state index is 13.7. The van der Waals surface area contributed by atoms with E-state index in [0.29, 0.717) is 22.5 Å². The van der Waals surface area contributed by atoms with E-state index in [1.165, 1.54) is 16.9 Å². The number of anilines is 1. The van der Waals surface area contributed by atoms with Crippen LogP contribution < -0.4 is 11.1 Å². The van der Waals surface area contributed by atoms with Crippen molar-refractivity contribution in [3.8, 4) is 17.3 Å². The van der Waals surface area contributed by atoms with E-state index in [9.17, 15) is 9.18 Å². The Hall–Kier alpha value is -3.54. The van der Waals surface area contributed by atoms with Crippen molar-refractivity contribution in [3.63, 3.8) is 0 Å². The summed E-state index contributed by atoms with van der Waals surface area (Å²) in [6.45, 7) is 3.40. The molecule has 1 unspecified atom stereocenters. The first-order valence-corrected chi connectivity index (χ1v) is 8.32. The Morgan fingerprint density at radius 3 is 2.81 bits per heavy atom. The topological polar surface area (TPSA) is 122 Å². The zero-order chi connectivity index (χ0) is 19.6. The monoisotopic (exact) mass is 367 g/mol. The zero-order valence-electron chi connectivity index (χ0n) is 14.8. The number of nitrogens with two attached hydrogens (primary N) is 1. The van der Waals surface area contributed by atoms with Crippen LogP contribution in [0.2, 0.25) is 0 Å². The first-order valence-electron chi connectivity index (χ1n) is 8.32. The number of alkyl halides is 1. The number of amides is 1. The summed E-state index contributed by atoms with van der Waals surface area (Å²) in [6.07, 6.45) is 4.76. The minimum atomic E-state index is -1.13. The molecular formula is C18H18FN7O. The molecule has 0 fully saturated rings. The summed E-state index contributed by atoms with van der Waals surface area (Å²) in [7, 11) is 0. The summed E-state index contributed by atoms with van der Waals surface area (Å²) in [6, 6.07) is 3.54. The number of nitrogen functional groups attached to an aromatic ring is 1. The minimum absolute atomic E-state index is 0.0864. The number of carbonyl (C=O) groups excluding carboxylic acids is 1. The zero-order valence-corrected chi connectivity index (χ0v) is 14.8. The van der Waals surface area contributed by atoms with Gasteiger partial charge >= 0.3 is 0 Å². The molecule has 138 valence electrons. The first-order chi connectivity index (χ1) is 12.9. The highest BCUT2D eigenvalue weighted by molar-refractivity contribution is 5.99. The van der Waals surface area contributed by atoms with Gasteiger partial charge in [-0.25, -0.2) is 13.9 Å². The lowest BCUT2D eigenvalue weighted by Crippen LogP contribution is -2.33. The number of halogens is 1. The van der Waals surface area contributed by atoms with Crippen molar-refractivity contribution in [1.29, 1.82) is 5.26 Å². The summed E-state index contributed by atoms with van der Waals surface area (Å²) in [5, 5.41) is 15.6. The molecule has 0 aliphatic heterocycles. The summed E-state index contributed by atoms with van der Waals surface area (Å²) in [4.78, 5) is 20.7. The smallest absolute Gasteiger partial charge is 0.255 e. The lowest BCUT2D eigenvalue weighted by molar-refractivity contribution is 0.0935. The normalized spacial score (nSPS) is 12.1. The molecule has 0 spiro atoms. The van der Waals surface area contributed by atoms with Gasteiger partial charge in [0.15, 0.2) is 5.65 Å². The van der Waals surface area contributed by atoms with E-state index in [-0.39, 0.29) is 23.7 Å². The first kappa shape index (κ1) is 18.3. The molecule has 3 N–H and O–H groups in total. The molecule has 27 heavy (non-hydrogen) atoms. The van der Waals surface area contributed by atoms with Crippen LogP contribution in [0.15, 0.2) is 30.9 Å². The molecule has 0 saturated heterocycles. The van der Waals surface area contributed by atoms with Crippen molar-refractivity contribution >= 4 is 17.2 Å². The van der Waals surface area contributed by atoms with Crippen LogP contribution in [0, 0.1) is 17.2 Å². The van der Waals surface area contributed by atoms with Gasteiger partial charge in [-0.2, -0.15) is 10.4 Å². The molecule has 0 bridgehead atoms. The van der Waals surface area contributed by atoms with E-state index in [2.05, 4.69) is 20.4 Å². The van der Waals surface area contributed by atoms with Crippen molar-refractivity contribution in [1.82, 2.24) is 24.9 Å². The van der Waals surface area contributed by atoms with Gasteiger partial charge in [-0.1, -0.05) is 13.8 Å². The van der Waals surface area contributed by atoms with Crippen molar-refractivity contribution in [2.75, 3.05) is 12.3 Å². The standard InChI is InChI=1S/C18H18FN7O/c1-10(2)14(19)8-24-18(27)12-6-22-16(3-15(12)21)13-7-25-26-9-11(4-20)5-23-17(13)26/h3,5-7,9-10,14H,8H2,1-2H3,(H2,21,22)(H,24,27). The van der Waals surface area contributed by atoms with Gasteiger partial charge in [0.05, 0.1) is 34.8 Å². The van der Waals surface area contributed by atoms with Crippen LogP contribution in [-0.2, 0) is 0 Å². The number of nitriles is 1. The Morgan fingerprint density at radius 1 is 1.37 bits per heavy atom. The molecular weight excluding hydrogens is 349 g/mol. The van der Waals surface area contributed by atoms with E-state index in [1.54, 1.807) is 32.3 Å². The predicted octanol–water partition coefficient (Wildman–Crippen LogP) is 1.97. The Labute approximate surface area is 154 Å². The van der Waals surface area contributed by atoms with E-state index in [0.717, 1.165) is 0 Å². The number of rotatable bonds is 5. The molecule has 3 rings (SSSR count). The number of nitrogens with zero attached hydrogens (tertiary/aromatic N) is 5. The molecule has 3 aromatic rings. The third-order valence-electron chi connectivity index (χ3n) is 4.12. The molecule has 3 aromatic heterocycles. The van der Waals surface area contributed by atoms with Crippen LogP contribution in [0.25, 0.3) is 16.9 Å². The molecule has 3 heterocycles. The summed E-state index contributed by atoms with van der Waals surface area (Å²) < 4.78 is 15.1. The van der Waals surface area contributed by atoms with Crippen molar-refractivity contribution in [2.24, 2.45) is 5.92 Å². The molecule has 0 radical (unpaired) electrons. The fourth-order valence-electron chi connectivity index (χ4n) is 2.44. The van der Waals surface area contributed by atoms with Gasteiger partial charge < -0.3 is 11.1 Å². The molecule has 0 saturated carbocycles. The lowest BCUT2D eigenvalue weighted by atomic mass is 10.1. The number of aromatic nitrogens is 4. The van der Waals surface area contributed by atoms with Gasteiger partial charge in [-0.15, -0.1) is 0 Å². The number of pyridine rings is 1. The van der Waals surface area contributed by atoms with E-state index in [1.807, 2.05) is 6.07 Å². The Kier molecular flexibility index (Phi) is 4.98. The second-order valence-corrected chi connectivity index (χ2v) is 6.41. The number of hydrogen-bond acceptors (Lipinski definition) is 6. The maximum absolute atomic E-state index is 13.7. The SMILES string of the molecule is CC(C)C(F)CNC(=O)c1cnc(-c2cnn3cc(C#N)cnc23)cc1N. The number of nitrogens with one attached hydrogen (secondary N) is 1. The van der Waals surface area contributed by atoms with Gasteiger partial charge in [0.2, 0.25) is 0 Å². The largest absolute Gasteiger partial charge is 0.398 e. The molecule has 8 nitrogen and oxygen atoms in total. The highest BCUT2D eigenvalue weighted by atomic mass is 19.1. The van der Waals surface area contributed by atoms with E-state index < -0.39 is 12.1 Å². The molecule has 1 amide bonds. The highest BCUT2D eigenvalue weighted by Crippen LogP contribution is 2.24. The molecule has 0 aliphatic rings. The predicted molar refractivity (Wildman–Crippen MR) is 97.4 cm³/mol. The molecule has 9 heteroatoms. The van der Waals surface area contributed by atoms with Crippen molar-refractivity contribution < 1.29 is 9.18 Å². The summed E-state index contributed by atoms with van der Waals surface area (Å²) >= 11 is 0. The van der Waals surface area contributed by atoms with Crippen LogP contribution >= 0.6 is 0 Å². The number of hydrogen-bond donors (Lipinski definition) is 2. The lowest BCUT2D eigenvalue weighted by Gasteiger charge is -2.13. The third kappa shape index (κ3) is 3.69. The van der Waals surface area contributed by atoms with E-state index in [4.69, 9.17) is 11.0 Å². The Bertz CT molecular complexity index is 1040. The summed E-state index contributed by atoms with van der Waals surface area (Å²) in [5.41, 5.74) is 8.37. The number of fused-ring (bicyclic) bond motifs is 1. The average Bonchev–Trinajstić information content (AvgIpc) is 3.08. The highest BCUT2D eigenvalue weighted by Gasteiger charge is 2.17.